The highest BCUT2D eigenvalue weighted by Gasteiger charge is 2.21. The van der Waals surface area contributed by atoms with Crippen LogP contribution in [0, 0.1) is 0 Å². The predicted octanol–water partition coefficient (Wildman–Crippen LogP) is 1.58. The quantitative estimate of drug-likeness (QED) is 0.800. The van der Waals surface area contributed by atoms with Gasteiger partial charge in [0, 0.05) is 6.54 Å². The largest absolute Gasteiger partial charge is 0.506 e. The van der Waals surface area contributed by atoms with Crippen molar-refractivity contribution in [3.05, 3.63) is 28.8 Å². The second-order valence-corrected chi connectivity index (χ2v) is 4.08. The van der Waals surface area contributed by atoms with Gasteiger partial charge in [-0.3, -0.25) is 4.79 Å². The lowest BCUT2D eigenvalue weighted by Crippen LogP contribution is -2.37. The summed E-state index contributed by atoms with van der Waals surface area (Å²) >= 11 is 5.81. The number of morpholine rings is 1. The van der Waals surface area contributed by atoms with Gasteiger partial charge in [0.25, 0.3) is 0 Å². The Morgan fingerprint density at radius 3 is 3.06 bits per heavy atom. The van der Waals surface area contributed by atoms with Crippen LogP contribution in [0.5, 0.6) is 5.75 Å². The second-order valence-electron chi connectivity index (χ2n) is 3.67. The smallest absolute Gasteiger partial charge is 0.209 e. The summed E-state index contributed by atoms with van der Waals surface area (Å²) in [6.07, 6.45) is 0.648. The lowest BCUT2D eigenvalue weighted by Gasteiger charge is -2.30. The number of aromatic hydroxyl groups is 1. The molecule has 1 aromatic carbocycles. The van der Waals surface area contributed by atoms with E-state index in [-0.39, 0.29) is 11.9 Å². The summed E-state index contributed by atoms with van der Waals surface area (Å²) in [5.41, 5.74) is 0.870. The van der Waals surface area contributed by atoms with Crippen LogP contribution in [0.4, 0.5) is 0 Å². The normalized spacial score (nSPS) is 20.8. The van der Waals surface area contributed by atoms with Crippen molar-refractivity contribution in [3.63, 3.8) is 0 Å². The van der Waals surface area contributed by atoms with Crippen LogP contribution in [-0.2, 0) is 9.53 Å². The molecule has 1 aromatic rings. The van der Waals surface area contributed by atoms with Crippen LogP contribution < -0.4 is 0 Å². The molecule has 1 saturated heterocycles. The molecule has 1 aliphatic rings. The molecule has 1 fully saturated rings. The highest BCUT2D eigenvalue weighted by molar-refractivity contribution is 6.32. The van der Waals surface area contributed by atoms with Gasteiger partial charge >= 0.3 is 0 Å². The van der Waals surface area contributed by atoms with Gasteiger partial charge < -0.3 is 14.7 Å². The first kappa shape index (κ1) is 11.2. The van der Waals surface area contributed by atoms with E-state index in [1.165, 1.54) is 6.07 Å². The maximum atomic E-state index is 10.7. The molecule has 1 N–H and O–H groups in total. The third-order valence-electron chi connectivity index (χ3n) is 2.59. The van der Waals surface area contributed by atoms with Crippen molar-refractivity contribution in [2.24, 2.45) is 0 Å². The van der Waals surface area contributed by atoms with Gasteiger partial charge in [-0.05, 0) is 17.7 Å². The van der Waals surface area contributed by atoms with Gasteiger partial charge in [-0.15, -0.1) is 0 Å². The van der Waals surface area contributed by atoms with Gasteiger partial charge in [-0.25, -0.2) is 0 Å². The van der Waals surface area contributed by atoms with Gasteiger partial charge in [0.2, 0.25) is 6.41 Å². The van der Waals surface area contributed by atoms with Crippen LogP contribution in [0.15, 0.2) is 18.2 Å². The molecule has 1 heterocycles. The SMILES string of the molecule is O=CN1CCO[C@@H](c2ccc(O)c(Cl)c2)C1. The lowest BCUT2D eigenvalue weighted by molar-refractivity contribution is -0.125. The summed E-state index contributed by atoms with van der Waals surface area (Å²) in [5.74, 6) is 0.0495. The highest BCUT2D eigenvalue weighted by Crippen LogP contribution is 2.29. The van der Waals surface area contributed by atoms with E-state index in [2.05, 4.69) is 0 Å². The molecular formula is C11H12ClNO3. The van der Waals surface area contributed by atoms with Gasteiger partial charge in [0.15, 0.2) is 0 Å². The van der Waals surface area contributed by atoms with Crippen LogP contribution in [0.1, 0.15) is 11.7 Å². The zero-order valence-corrected chi connectivity index (χ0v) is 9.35. The van der Waals surface area contributed by atoms with E-state index in [1.54, 1.807) is 17.0 Å². The Morgan fingerprint density at radius 1 is 1.56 bits per heavy atom. The first-order chi connectivity index (χ1) is 7.70. The Balaban J connectivity index is 2.16. The minimum absolute atomic E-state index is 0.0495. The molecule has 0 radical (unpaired) electrons. The molecule has 1 amide bonds. The topological polar surface area (TPSA) is 49.8 Å². The Bertz CT molecular complexity index is 397. The average molecular weight is 242 g/mol. The van der Waals surface area contributed by atoms with Crippen molar-refractivity contribution < 1.29 is 14.6 Å². The molecule has 0 aromatic heterocycles. The summed E-state index contributed by atoms with van der Waals surface area (Å²) in [6, 6.07) is 4.94. The number of hydrogen-bond donors (Lipinski definition) is 1. The molecule has 1 atom stereocenters. The number of carbonyl (C=O) groups is 1. The molecule has 0 spiro atoms. The third-order valence-corrected chi connectivity index (χ3v) is 2.89. The van der Waals surface area contributed by atoms with E-state index in [9.17, 15) is 9.90 Å². The first-order valence-corrected chi connectivity index (χ1v) is 5.38. The van der Waals surface area contributed by atoms with Crippen molar-refractivity contribution in [3.8, 4) is 5.75 Å². The maximum absolute atomic E-state index is 10.7. The number of amides is 1. The lowest BCUT2D eigenvalue weighted by atomic mass is 10.1. The molecule has 5 heteroatoms. The fraction of sp³-hybridized carbons (Fsp3) is 0.364. The van der Waals surface area contributed by atoms with Crippen LogP contribution in [0.3, 0.4) is 0 Å². The molecule has 0 unspecified atom stereocenters. The molecule has 4 nitrogen and oxygen atoms in total. The molecule has 16 heavy (non-hydrogen) atoms. The average Bonchev–Trinajstić information content (AvgIpc) is 2.33. The zero-order chi connectivity index (χ0) is 11.5. The molecule has 2 rings (SSSR count). The van der Waals surface area contributed by atoms with Crippen LogP contribution in [0.25, 0.3) is 0 Å². The number of rotatable bonds is 2. The number of nitrogens with zero attached hydrogens (tertiary/aromatic N) is 1. The zero-order valence-electron chi connectivity index (χ0n) is 8.60. The van der Waals surface area contributed by atoms with Crippen LogP contribution >= 0.6 is 11.6 Å². The molecular weight excluding hydrogens is 230 g/mol. The van der Waals surface area contributed by atoms with E-state index >= 15 is 0 Å². The van der Waals surface area contributed by atoms with Gasteiger partial charge in [-0.1, -0.05) is 17.7 Å². The van der Waals surface area contributed by atoms with E-state index < -0.39 is 0 Å². The number of phenolic OH excluding ortho intramolecular Hbond substituents is 1. The molecule has 0 bridgehead atoms. The number of carbonyl (C=O) groups excluding carboxylic acids is 1. The third kappa shape index (κ3) is 2.28. The summed E-state index contributed by atoms with van der Waals surface area (Å²) < 4.78 is 5.55. The standard InChI is InChI=1S/C11H12ClNO3/c12-9-5-8(1-2-10(9)15)11-6-13(7-14)3-4-16-11/h1-2,5,7,11,15H,3-4,6H2/t11-/m1/s1. The van der Waals surface area contributed by atoms with Gasteiger partial charge in [0.05, 0.1) is 18.2 Å². The molecule has 1 aliphatic heterocycles. The number of halogens is 1. The Kier molecular flexibility index (Phi) is 3.31. The summed E-state index contributed by atoms with van der Waals surface area (Å²) in [5, 5.41) is 9.60. The minimum atomic E-state index is -0.169. The Morgan fingerprint density at radius 2 is 2.38 bits per heavy atom. The monoisotopic (exact) mass is 241 g/mol. The van der Waals surface area contributed by atoms with Crippen LogP contribution in [0.2, 0.25) is 5.02 Å². The molecule has 0 aliphatic carbocycles. The fourth-order valence-corrected chi connectivity index (χ4v) is 1.88. The van der Waals surface area contributed by atoms with Crippen molar-refractivity contribution >= 4 is 18.0 Å². The van der Waals surface area contributed by atoms with Crippen molar-refractivity contribution in [2.75, 3.05) is 19.7 Å². The first-order valence-electron chi connectivity index (χ1n) is 5.00. The summed E-state index contributed by atoms with van der Waals surface area (Å²) in [4.78, 5) is 12.3. The highest BCUT2D eigenvalue weighted by atomic mass is 35.5. The number of hydrogen-bond acceptors (Lipinski definition) is 3. The van der Waals surface area contributed by atoms with Gasteiger partial charge in [-0.2, -0.15) is 0 Å². The van der Waals surface area contributed by atoms with Crippen molar-refractivity contribution in [1.82, 2.24) is 4.90 Å². The van der Waals surface area contributed by atoms with E-state index in [0.717, 1.165) is 12.0 Å². The number of phenols is 1. The summed E-state index contributed by atoms with van der Waals surface area (Å²) in [6.45, 7) is 1.65. The second kappa shape index (κ2) is 4.72. The maximum Gasteiger partial charge on any atom is 0.209 e. The number of benzene rings is 1. The van der Waals surface area contributed by atoms with E-state index in [4.69, 9.17) is 16.3 Å². The van der Waals surface area contributed by atoms with Crippen molar-refractivity contribution in [1.29, 1.82) is 0 Å². The predicted molar refractivity (Wildman–Crippen MR) is 59.4 cm³/mol. The van der Waals surface area contributed by atoms with E-state index in [0.29, 0.717) is 24.7 Å². The molecule has 0 saturated carbocycles. The Hall–Kier alpha value is -1.26. The van der Waals surface area contributed by atoms with E-state index in [1.807, 2.05) is 0 Å². The fourth-order valence-electron chi connectivity index (χ4n) is 1.69. The Labute approximate surface area is 98.4 Å². The molecule has 86 valence electrons. The summed E-state index contributed by atoms with van der Waals surface area (Å²) in [7, 11) is 0. The number of ether oxygens (including phenoxy) is 1. The van der Waals surface area contributed by atoms with Crippen molar-refractivity contribution in [2.45, 2.75) is 6.10 Å². The minimum Gasteiger partial charge on any atom is -0.506 e. The van der Waals surface area contributed by atoms with Crippen LogP contribution in [-0.4, -0.2) is 36.1 Å². The van der Waals surface area contributed by atoms with Gasteiger partial charge in [0.1, 0.15) is 11.9 Å².